The van der Waals surface area contributed by atoms with E-state index in [1.807, 2.05) is 29.6 Å². The first-order valence-electron chi connectivity index (χ1n) is 5.86. The second-order valence-corrected chi connectivity index (χ2v) is 5.23. The molecular weight excluding hydrogens is 244 g/mol. The van der Waals surface area contributed by atoms with Crippen LogP contribution >= 0.6 is 11.3 Å². The molecule has 0 aliphatic heterocycles. The molecule has 1 N–H and O–H groups in total. The Bertz CT molecular complexity index is 657. The molecular formula is C13H14N4S. The van der Waals surface area contributed by atoms with Crippen LogP contribution in [0.15, 0.2) is 35.7 Å². The van der Waals surface area contributed by atoms with E-state index in [1.165, 1.54) is 4.88 Å². The van der Waals surface area contributed by atoms with Crippen molar-refractivity contribution in [2.24, 2.45) is 0 Å². The van der Waals surface area contributed by atoms with Gasteiger partial charge in [-0.25, -0.2) is 4.52 Å². The summed E-state index contributed by atoms with van der Waals surface area (Å²) in [6.45, 7) is 4.14. The highest BCUT2D eigenvalue weighted by atomic mass is 32.1. The molecule has 92 valence electrons. The van der Waals surface area contributed by atoms with Gasteiger partial charge in [0.25, 0.3) is 0 Å². The van der Waals surface area contributed by atoms with Crippen LogP contribution < -0.4 is 5.32 Å². The molecule has 3 heterocycles. The predicted octanol–water partition coefficient (Wildman–Crippen LogP) is 3.27. The summed E-state index contributed by atoms with van der Waals surface area (Å²) < 4.78 is 1.85. The van der Waals surface area contributed by atoms with Crippen LogP contribution in [0.2, 0.25) is 0 Å². The van der Waals surface area contributed by atoms with Gasteiger partial charge in [0.15, 0.2) is 5.65 Å². The van der Waals surface area contributed by atoms with Crippen LogP contribution in [0.5, 0.6) is 0 Å². The molecule has 0 bridgehead atoms. The predicted molar refractivity (Wildman–Crippen MR) is 74.1 cm³/mol. The van der Waals surface area contributed by atoms with E-state index >= 15 is 0 Å². The topological polar surface area (TPSA) is 42.2 Å². The van der Waals surface area contributed by atoms with Crippen molar-refractivity contribution in [1.82, 2.24) is 14.6 Å². The second kappa shape index (κ2) is 4.42. The van der Waals surface area contributed by atoms with E-state index in [4.69, 9.17) is 0 Å². The van der Waals surface area contributed by atoms with E-state index in [-0.39, 0.29) is 6.04 Å². The Morgan fingerprint density at radius 1 is 1.28 bits per heavy atom. The largest absolute Gasteiger partial charge is 0.346 e. The van der Waals surface area contributed by atoms with Crippen LogP contribution in [0.25, 0.3) is 5.65 Å². The summed E-state index contributed by atoms with van der Waals surface area (Å²) in [6, 6.07) is 10.4. The molecule has 0 saturated heterocycles. The lowest BCUT2D eigenvalue weighted by Gasteiger charge is -2.09. The Kier molecular flexibility index (Phi) is 2.76. The fourth-order valence-electron chi connectivity index (χ4n) is 1.90. The lowest BCUT2D eigenvalue weighted by molar-refractivity contribution is 0.859. The number of pyridine rings is 1. The van der Waals surface area contributed by atoms with Crippen molar-refractivity contribution in [3.8, 4) is 0 Å². The maximum absolute atomic E-state index is 4.47. The standard InChI is InChI=1S/C13H14N4S/c1-9-5-3-7-12-15-13(16-17(9)12)14-10(2)11-6-4-8-18-11/h3-8,10H,1-2H3,(H,14,16). The molecule has 3 aromatic heterocycles. The lowest BCUT2D eigenvalue weighted by atomic mass is 10.3. The molecule has 18 heavy (non-hydrogen) atoms. The number of anilines is 1. The molecule has 0 amide bonds. The van der Waals surface area contributed by atoms with E-state index in [2.05, 4.69) is 39.8 Å². The third-order valence-corrected chi connectivity index (χ3v) is 3.92. The quantitative estimate of drug-likeness (QED) is 0.784. The molecule has 0 spiro atoms. The van der Waals surface area contributed by atoms with E-state index < -0.39 is 0 Å². The number of nitrogens with one attached hydrogen (secondary N) is 1. The van der Waals surface area contributed by atoms with Gasteiger partial charge < -0.3 is 5.32 Å². The molecule has 0 aliphatic carbocycles. The highest BCUT2D eigenvalue weighted by Crippen LogP contribution is 2.21. The zero-order chi connectivity index (χ0) is 12.5. The number of hydrogen-bond acceptors (Lipinski definition) is 4. The Balaban J connectivity index is 1.89. The number of aromatic nitrogens is 3. The van der Waals surface area contributed by atoms with Crippen LogP contribution in [0.3, 0.4) is 0 Å². The normalized spacial score (nSPS) is 12.8. The second-order valence-electron chi connectivity index (χ2n) is 4.25. The summed E-state index contributed by atoms with van der Waals surface area (Å²) in [7, 11) is 0. The fourth-order valence-corrected chi connectivity index (χ4v) is 2.63. The lowest BCUT2D eigenvalue weighted by Crippen LogP contribution is -2.06. The van der Waals surface area contributed by atoms with E-state index in [0.29, 0.717) is 5.95 Å². The molecule has 1 atom stereocenters. The van der Waals surface area contributed by atoms with Crippen molar-refractivity contribution in [2.75, 3.05) is 5.32 Å². The van der Waals surface area contributed by atoms with E-state index in [0.717, 1.165) is 11.3 Å². The smallest absolute Gasteiger partial charge is 0.243 e. The van der Waals surface area contributed by atoms with Gasteiger partial charge >= 0.3 is 0 Å². The summed E-state index contributed by atoms with van der Waals surface area (Å²) in [5.74, 6) is 0.671. The Morgan fingerprint density at radius 3 is 2.89 bits per heavy atom. The Hall–Kier alpha value is -1.88. The Labute approximate surface area is 109 Å². The van der Waals surface area contributed by atoms with E-state index in [1.54, 1.807) is 11.3 Å². The molecule has 3 aromatic rings. The zero-order valence-electron chi connectivity index (χ0n) is 10.3. The summed E-state index contributed by atoms with van der Waals surface area (Å²) in [4.78, 5) is 5.75. The number of nitrogens with zero attached hydrogens (tertiary/aromatic N) is 3. The molecule has 0 aliphatic rings. The van der Waals surface area contributed by atoms with Crippen molar-refractivity contribution in [1.29, 1.82) is 0 Å². The average molecular weight is 258 g/mol. The van der Waals surface area contributed by atoms with Crippen LogP contribution in [0.4, 0.5) is 5.95 Å². The first kappa shape index (κ1) is 11.2. The molecule has 3 rings (SSSR count). The number of thiophene rings is 1. The first-order chi connectivity index (χ1) is 8.74. The molecule has 0 radical (unpaired) electrons. The zero-order valence-corrected chi connectivity index (χ0v) is 11.1. The van der Waals surface area contributed by atoms with Crippen molar-refractivity contribution in [2.45, 2.75) is 19.9 Å². The molecule has 5 heteroatoms. The van der Waals surface area contributed by atoms with Gasteiger partial charge in [-0.1, -0.05) is 12.1 Å². The monoisotopic (exact) mass is 258 g/mol. The van der Waals surface area contributed by atoms with Gasteiger partial charge in [-0.05, 0) is 37.4 Å². The van der Waals surface area contributed by atoms with Gasteiger partial charge in [0.1, 0.15) is 0 Å². The van der Waals surface area contributed by atoms with Crippen LogP contribution in [0, 0.1) is 6.92 Å². The highest BCUT2D eigenvalue weighted by molar-refractivity contribution is 7.10. The number of aryl methyl sites for hydroxylation is 1. The highest BCUT2D eigenvalue weighted by Gasteiger charge is 2.10. The fraction of sp³-hybridized carbons (Fsp3) is 0.231. The molecule has 0 fully saturated rings. The molecule has 0 saturated carbocycles. The minimum atomic E-state index is 0.225. The minimum Gasteiger partial charge on any atom is -0.346 e. The molecule has 1 unspecified atom stereocenters. The van der Waals surface area contributed by atoms with Gasteiger partial charge in [0.05, 0.1) is 6.04 Å². The number of fused-ring (bicyclic) bond motifs is 1. The van der Waals surface area contributed by atoms with Gasteiger partial charge in [0.2, 0.25) is 5.95 Å². The molecule has 0 aromatic carbocycles. The molecule has 4 nitrogen and oxygen atoms in total. The van der Waals surface area contributed by atoms with Crippen LogP contribution in [0.1, 0.15) is 23.5 Å². The third-order valence-electron chi connectivity index (χ3n) is 2.86. The third kappa shape index (κ3) is 1.97. The van der Waals surface area contributed by atoms with Gasteiger partial charge in [0, 0.05) is 10.6 Å². The van der Waals surface area contributed by atoms with Crippen molar-refractivity contribution >= 4 is 22.9 Å². The maximum atomic E-state index is 4.47. The van der Waals surface area contributed by atoms with Gasteiger partial charge in [-0.15, -0.1) is 16.4 Å². The van der Waals surface area contributed by atoms with Crippen molar-refractivity contribution in [3.63, 3.8) is 0 Å². The number of hydrogen-bond donors (Lipinski definition) is 1. The van der Waals surface area contributed by atoms with Crippen LogP contribution in [-0.2, 0) is 0 Å². The Morgan fingerprint density at radius 2 is 2.17 bits per heavy atom. The maximum Gasteiger partial charge on any atom is 0.243 e. The van der Waals surface area contributed by atoms with Gasteiger partial charge in [-0.2, -0.15) is 4.98 Å². The summed E-state index contributed by atoms with van der Waals surface area (Å²) in [5.41, 5.74) is 1.95. The summed E-state index contributed by atoms with van der Waals surface area (Å²) in [5, 5.41) is 9.87. The minimum absolute atomic E-state index is 0.225. The van der Waals surface area contributed by atoms with Crippen molar-refractivity contribution < 1.29 is 0 Å². The average Bonchev–Trinajstić information content (AvgIpc) is 2.97. The SMILES string of the molecule is Cc1cccc2nc(NC(C)c3cccs3)nn12. The summed E-state index contributed by atoms with van der Waals surface area (Å²) >= 11 is 1.74. The first-order valence-corrected chi connectivity index (χ1v) is 6.74. The van der Waals surface area contributed by atoms with E-state index in [9.17, 15) is 0 Å². The van der Waals surface area contributed by atoms with Crippen LogP contribution in [-0.4, -0.2) is 14.6 Å². The van der Waals surface area contributed by atoms with Crippen molar-refractivity contribution in [3.05, 3.63) is 46.3 Å². The van der Waals surface area contributed by atoms with Gasteiger partial charge in [-0.3, -0.25) is 0 Å². The summed E-state index contributed by atoms with van der Waals surface area (Å²) in [6.07, 6.45) is 0. The number of rotatable bonds is 3.